The molecule has 0 atom stereocenters. The lowest BCUT2D eigenvalue weighted by Gasteiger charge is -2.08. The summed E-state index contributed by atoms with van der Waals surface area (Å²) >= 11 is 7.11. The normalized spacial score (nSPS) is 12.7. The molecule has 3 nitrogen and oxygen atoms in total. The number of anilines is 2. The van der Waals surface area contributed by atoms with E-state index in [9.17, 15) is 0 Å². The van der Waals surface area contributed by atoms with Crippen molar-refractivity contribution in [2.45, 2.75) is 19.3 Å². The van der Waals surface area contributed by atoms with E-state index in [0.29, 0.717) is 5.11 Å². The topological polar surface area (TPSA) is 37.0 Å². The van der Waals surface area contributed by atoms with Gasteiger partial charge in [-0.1, -0.05) is 42.5 Å². The summed E-state index contributed by atoms with van der Waals surface area (Å²) in [6.45, 7) is 0. The molecule has 2 N–H and O–H groups in total. The van der Waals surface area contributed by atoms with E-state index < -0.39 is 0 Å². The minimum Gasteiger partial charge on any atom is -0.332 e. The molecule has 0 saturated carbocycles. The molecule has 5 heteroatoms. The smallest absolute Gasteiger partial charge is 0.189 e. The molecule has 2 aromatic carbocycles. The summed E-state index contributed by atoms with van der Waals surface area (Å²) < 4.78 is 0. The highest BCUT2D eigenvalue weighted by molar-refractivity contribution is 7.80. The Balaban J connectivity index is 1.56. The van der Waals surface area contributed by atoms with Gasteiger partial charge in [-0.05, 0) is 49.2 Å². The molecule has 1 aromatic heterocycles. The fourth-order valence-corrected chi connectivity index (χ4v) is 4.28. The number of rotatable bonds is 2. The Morgan fingerprint density at radius 2 is 1.75 bits per heavy atom. The van der Waals surface area contributed by atoms with Crippen molar-refractivity contribution in [3.8, 4) is 11.3 Å². The summed E-state index contributed by atoms with van der Waals surface area (Å²) in [4.78, 5) is 6.15. The van der Waals surface area contributed by atoms with Gasteiger partial charge < -0.3 is 10.6 Å². The van der Waals surface area contributed by atoms with Gasteiger partial charge in [-0.25, -0.2) is 4.98 Å². The molecule has 0 spiro atoms. The minimum atomic E-state index is 0.568. The summed E-state index contributed by atoms with van der Waals surface area (Å²) in [5.74, 6) is 0. The van der Waals surface area contributed by atoms with Crippen molar-refractivity contribution in [2.24, 2.45) is 0 Å². The Morgan fingerprint density at radius 1 is 0.958 bits per heavy atom. The molecule has 1 aliphatic rings. The van der Waals surface area contributed by atoms with Gasteiger partial charge in [-0.3, -0.25) is 0 Å². The van der Waals surface area contributed by atoms with Crippen molar-refractivity contribution in [3.63, 3.8) is 0 Å². The van der Waals surface area contributed by atoms with Crippen LogP contribution in [0.3, 0.4) is 0 Å². The van der Waals surface area contributed by atoms with Crippen LogP contribution in [0.5, 0.6) is 0 Å². The van der Waals surface area contributed by atoms with Gasteiger partial charge in [0.2, 0.25) is 0 Å². The third kappa shape index (κ3) is 3.18. The highest BCUT2D eigenvalue weighted by Crippen LogP contribution is 2.37. The molecule has 0 bridgehead atoms. The van der Waals surface area contributed by atoms with Gasteiger partial charge in [0, 0.05) is 16.1 Å². The first-order valence-corrected chi connectivity index (χ1v) is 9.23. The van der Waals surface area contributed by atoms with E-state index in [2.05, 4.69) is 34.9 Å². The fraction of sp³-hybridized carbons (Fsp3) is 0.158. The second-order valence-electron chi connectivity index (χ2n) is 5.75. The largest absolute Gasteiger partial charge is 0.332 e. The number of para-hydroxylation sites is 1. The first kappa shape index (κ1) is 15.3. The van der Waals surface area contributed by atoms with E-state index in [1.54, 1.807) is 11.3 Å². The first-order valence-electron chi connectivity index (χ1n) is 8.00. The van der Waals surface area contributed by atoms with E-state index in [0.717, 1.165) is 29.4 Å². The van der Waals surface area contributed by atoms with E-state index in [-0.39, 0.29) is 0 Å². The fourth-order valence-electron chi connectivity index (χ4n) is 2.97. The number of nitrogens with zero attached hydrogens (tertiary/aromatic N) is 1. The molecule has 0 unspecified atom stereocenters. The molecule has 24 heavy (non-hydrogen) atoms. The minimum absolute atomic E-state index is 0.568. The van der Waals surface area contributed by atoms with Crippen LogP contribution in [0.1, 0.15) is 16.9 Å². The molecule has 3 aromatic rings. The van der Waals surface area contributed by atoms with Crippen LogP contribution in [-0.2, 0) is 12.8 Å². The summed E-state index contributed by atoms with van der Waals surface area (Å²) in [5, 5.41) is 7.84. The van der Waals surface area contributed by atoms with Crippen molar-refractivity contribution in [3.05, 3.63) is 65.0 Å². The van der Waals surface area contributed by atoms with Crippen molar-refractivity contribution in [1.82, 2.24) is 4.98 Å². The van der Waals surface area contributed by atoms with Gasteiger partial charge in [0.05, 0.1) is 5.69 Å². The number of nitrogens with one attached hydrogen (secondary N) is 2. The monoisotopic (exact) mass is 351 g/mol. The molecule has 4 rings (SSSR count). The molecule has 0 radical (unpaired) electrons. The van der Waals surface area contributed by atoms with Gasteiger partial charge >= 0.3 is 0 Å². The van der Waals surface area contributed by atoms with Crippen LogP contribution >= 0.6 is 23.6 Å². The number of fused-ring (bicyclic) bond motifs is 3. The number of hydrogen-bond donors (Lipinski definition) is 2. The Labute approximate surface area is 150 Å². The third-order valence-corrected chi connectivity index (χ3v) is 5.31. The molecule has 0 amide bonds. The zero-order valence-electron chi connectivity index (χ0n) is 13.1. The average molecular weight is 352 g/mol. The maximum absolute atomic E-state index is 5.41. The van der Waals surface area contributed by atoms with Crippen molar-refractivity contribution in [2.75, 3.05) is 10.6 Å². The Hall–Kier alpha value is -2.24. The maximum Gasteiger partial charge on any atom is 0.189 e. The number of aryl methyl sites for hydroxylation is 2. The molecule has 0 fully saturated rings. The lowest BCUT2D eigenvalue weighted by molar-refractivity contribution is 0.843. The van der Waals surface area contributed by atoms with Crippen molar-refractivity contribution in [1.29, 1.82) is 0 Å². The first-order chi connectivity index (χ1) is 11.8. The second kappa shape index (κ2) is 6.71. The SMILES string of the molecule is S=C(Nc1ccccc1)Nc1nc2c(s1)CCCc1ccccc1-2. The number of benzene rings is 2. The second-order valence-corrected chi connectivity index (χ2v) is 7.24. The molecule has 0 saturated heterocycles. The number of hydrogen-bond acceptors (Lipinski definition) is 3. The Kier molecular flexibility index (Phi) is 4.28. The molecular weight excluding hydrogens is 334 g/mol. The van der Waals surface area contributed by atoms with Crippen LogP contribution in [0.25, 0.3) is 11.3 Å². The van der Waals surface area contributed by atoms with Gasteiger partial charge in [-0.15, -0.1) is 11.3 Å². The molecule has 1 aliphatic carbocycles. The number of thiocarbonyl (C=S) groups is 1. The quantitative estimate of drug-likeness (QED) is 0.629. The lowest BCUT2D eigenvalue weighted by Crippen LogP contribution is -2.18. The number of aromatic nitrogens is 1. The summed E-state index contributed by atoms with van der Waals surface area (Å²) in [5.41, 5.74) is 4.73. The van der Waals surface area contributed by atoms with Gasteiger partial charge in [0.15, 0.2) is 10.2 Å². The van der Waals surface area contributed by atoms with Gasteiger partial charge in [-0.2, -0.15) is 0 Å². The van der Waals surface area contributed by atoms with E-state index in [1.807, 2.05) is 30.3 Å². The van der Waals surface area contributed by atoms with E-state index in [1.165, 1.54) is 22.4 Å². The Bertz CT molecular complexity index is 871. The molecule has 1 heterocycles. The highest BCUT2D eigenvalue weighted by Gasteiger charge is 2.19. The van der Waals surface area contributed by atoms with Crippen molar-refractivity contribution >= 4 is 39.5 Å². The zero-order chi connectivity index (χ0) is 16.4. The predicted octanol–water partition coefficient (Wildman–Crippen LogP) is 5.11. The standard InChI is InChI=1S/C19H17N3S2/c23-18(20-14-9-2-1-3-10-14)22-19-21-17-15-11-5-4-7-13(15)8-6-12-16(17)24-19/h1-5,7,9-11H,6,8,12H2,(H2,20,21,22,23). The van der Waals surface area contributed by atoms with Crippen LogP contribution in [0.2, 0.25) is 0 Å². The Morgan fingerprint density at radius 3 is 2.62 bits per heavy atom. The zero-order valence-corrected chi connectivity index (χ0v) is 14.7. The predicted molar refractivity (Wildman–Crippen MR) is 106 cm³/mol. The molecule has 0 aliphatic heterocycles. The van der Waals surface area contributed by atoms with Gasteiger partial charge in [0.1, 0.15) is 0 Å². The highest BCUT2D eigenvalue weighted by atomic mass is 32.1. The van der Waals surface area contributed by atoms with E-state index in [4.69, 9.17) is 17.2 Å². The van der Waals surface area contributed by atoms with Crippen LogP contribution in [0.15, 0.2) is 54.6 Å². The average Bonchev–Trinajstić information content (AvgIpc) is 2.90. The maximum atomic E-state index is 5.41. The van der Waals surface area contributed by atoms with Crippen molar-refractivity contribution < 1.29 is 0 Å². The summed E-state index contributed by atoms with van der Waals surface area (Å²) in [6, 6.07) is 18.5. The lowest BCUT2D eigenvalue weighted by atomic mass is 10.0. The summed E-state index contributed by atoms with van der Waals surface area (Å²) in [7, 11) is 0. The van der Waals surface area contributed by atoms with Crippen LogP contribution < -0.4 is 10.6 Å². The van der Waals surface area contributed by atoms with E-state index >= 15 is 0 Å². The molecule has 120 valence electrons. The van der Waals surface area contributed by atoms with Crippen LogP contribution in [0, 0.1) is 0 Å². The summed E-state index contributed by atoms with van der Waals surface area (Å²) in [6.07, 6.45) is 3.36. The van der Waals surface area contributed by atoms with Crippen LogP contribution in [0.4, 0.5) is 10.8 Å². The molecular formula is C19H17N3S2. The third-order valence-electron chi connectivity index (χ3n) is 4.07. The number of thiazole rings is 1. The van der Waals surface area contributed by atoms with Crippen LogP contribution in [-0.4, -0.2) is 10.1 Å². The van der Waals surface area contributed by atoms with Gasteiger partial charge in [0.25, 0.3) is 0 Å².